The number of hydrogen-bond acceptors (Lipinski definition) is 2. The van der Waals surface area contributed by atoms with Gasteiger partial charge in [-0.25, -0.2) is 0 Å². The Kier molecular flexibility index (Phi) is 4.35. The van der Waals surface area contributed by atoms with E-state index in [9.17, 15) is 4.79 Å². The Labute approximate surface area is 74.0 Å². The molecule has 0 rings (SSSR count). The summed E-state index contributed by atoms with van der Waals surface area (Å²) in [5.41, 5.74) is 0. The van der Waals surface area contributed by atoms with E-state index >= 15 is 0 Å². The first-order valence-corrected chi connectivity index (χ1v) is 4.19. The third-order valence-corrected chi connectivity index (χ3v) is 1.92. The van der Waals surface area contributed by atoms with Crippen molar-refractivity contribution in [3.05, 3.63) is 0 Å². The van der Waals surface area contributed by atoms with Gasteiger partial charge < -0.3 is 4.90 Å². The number of hydrogen-bond donors (Lipinski definition) is 0. The van der Waals surface area contributed by atoms with Gasteiger partial charge in [-0.3, -0.25) is 4.79 Å². The second-order valence-electron chi connectivity index (χ2n) is 3.20. The monoisotopic (exact) mass is 168 g/mol. The zero-order valence-corrected chi connectivity index (χ0v) is 8.16. The molecule has 1 amide bonds. The van der Waals surface area contributed by atoms with E-state index in [1.54, 1.807) is 11.9 Å². The third-order valence-electron chi connectivity index (χ3n) is 1.92. The lowest BCUT2D eigenvalue weighted by molar-refractivity contribution is -0.133. The van der Waals surface area contributed by atoms with Crippen LogP contribution in [0.4, 0.5) is 0 Å². The van der Waals surface area contributed by atoms with Crippen molar-refractivity contribution in [2.24, 2.45) is 11.8 Å². The average molecular weight is 168 g/mol. The quantitative estimate of drug-likeness (QED) is 0.636. The lowest BCUT2D eigenvalue weighted by Gasteiger charge is -2.19. The van der Waals surface area contributed by atoms with Crippen molar-refractivity contribution in [2.75, 3.05) is 13.6 Å². The molecule has 0 N–H and O–H groups in total. The predicted octanol–water partition coefficient (Wildman–Crippen LogP) is 1.26. The van der Waals surface area contributed by atoms with E-state index in [0.717, 1.165) is 0 Å². The van der Waals surface area contributed by atoms with Crippen molar-refractivity contribution in [2.45, 2.75) is 20.8 Å². The van der Waals surface area contributed by atoms with Crippen molar-refractivity contribution in [1.29, 1.82) is 5.26 Å². The minimum absolute atomic E-state index is 0.0741. The lowest BCUT2D eigenvalue weighted by atomic mass is 9.96. The van der Waals surface area contributed by atoms with Crippen LogP contribution in [0.2, 0.25) is 0 Å². The zero-order chi connectivity index (χ0) is 9.72. The summed E-state index contributed by atoms with van der Waals surface area (Å²) in [6.45, 7) is 6.32. The molecule has 0 aliphatic carbocycles. The van der Waals surface area contributed by atoms with Gasteiger partial charge in [-0.15, -0.1) is 0 Å². The Morgan fingerprint density at radius 2 is 2.08 bits per heavy atom. The fourth-order valence-corrected chi connectivity index (χ4v) is 0.883. The molecular weight excluding hydrogens is 152 g/mol. The SMILES string of the molecule is CCN(C)C(=O)C(C#N)C(C)C. The van der Waals surface area contributed by atoms with E-state index in [0.29, 0.717) is 6.54 Å². The highest BCUT2D eigenvalue weighted by atomic mass is 16.2. The van der Waals surface area contributed by atoms with Gasteiger partial charge in [0.1, 0.15) is 5.92 Å². The van der Waals surface area contributed by atoms with Gasteiger partial charge in [0, 0.05) is 13.6 Å². The normalized spacial score (nSPS) is 12.3. The molecule has 0 aliphatic heterocycles. The first kappa shape index (κ1) is 11.0. The number of nitrogens with zero attached hydrogens (tertiary/aromatic N) is 2. The van der Waals surface area contributed by atoms with Gasteiger partial charge in [0.15, 0.2) is 0 Å². The molecule has 0 spiro atoms. The van der Waals surface area contributed by atoms with Crippen LogP contribution in [0.25, 0.3) is 0 Å². The highest BCUT2D eigenvalue weighted by Gasteiger charge is 2.23. The van der Waals surface area contributed by atoms with Gasteiger partial charge in [-0.2, -0.15) is 5.26 Å². The summed E-state index contributed by atoms with van der Waals surface area (Å²) in [6.07, 6.45) is 0. The second-order valence-corrected chi connectivity index (χ2v) is 3.20. The fraction of sp³-hybridized carbons (Fsp3) is 0.778. The van der Waals surface area contributed by atoms with Crippen molar-refractivity contribution < 1.29 is 4.79 Å². The van der Waals surface area contributed by atoms with E-state index in [1.807, 2.05) is 26.8 Å². The molecule has 0 saturated heterocycles. The summed E-state index contributed by atoms with van der Waals surface area (Å²) in [7, 11) is 1.72. The summed E-state index contributed by atoms with van der Waals surface area (Å²) < 4.78 is 0. The van der Waals surface area contributed by atoms with Crippen LogP contribution >= 0.6 is 0 Å². The minimum Gasteiger partial charge on any atom is -0.345 e. The summed E-state index contributed by atoms with van der Waals surface area (Å²) in [5.74, 6) is -0.471. The smallest absolute Gasteiger partial charge is 0.239 e. The molecule has 1 atom stereocenters. The molecule has 3 nitrogen and oxygen atoms in total. The van der Waals surface area contributed by atoms with Crippen LogP contribution in [0.15, 0.2) is 0 Å². The lowest BCUT2D eigenvalue weighted by Crippen LogP contribution is -2.34. The Morgan fingerprint density at radius 3 is 2.33 bits per heavy atom. The second kappa shape index (κ2) is 4.76. The maximum absolute atomic E-state index is 11.5. The number of carbonyl (C=O) groups is 1. The van der Waals surface area contributed by atoms with Crippen LogP contribution in [0.3, 0.4) is 0 Å². The van der Waals surface area contributed by atoms with E-state index in [2.05, 4.69) is 0 Å². The van der Waals surface area contributed by atoms with Crippen LogP contribution in [0, 0.1) is 23.2 Å². The van der Waals surface area contributed by atoms with Gasteiger partial charge in [0.25, 0.3) is 0 Å². The van der Waals surface area contributed by atoms with Crippen LogP contribution < -0.4 is 0 Å². The summed E-state index contributed by atoms with van der Waals surface area (Å²) in [4.78, 5) is 13.0. The van der Waals surface area contributed by atoms with E-state index in [-0.39, 0.29) is 11.8 Å². The molecule has 3 heteroatoms. The molecule has 1 unspecified atom stereocenters. The van der Waals surface area contributed by atoms with Crippen LogP contribution in [0.1, 0.15) is 20.8 Å². The highest BCUT2D eigenvalue weighted by Crippen LogP contribution is 2.11. The molecule has 0 heterocycles. The Balaban J connectivity index is 4.35. The average Bonchev–Trinajstić information content (AvgIpc) is 2.03. The maximum Gasteiger partial charge on any atom is 0.239 e. The van der Waals surface area contributed by atoms with Crippen molar-refractivity contribution in [3.63, 3.8) is 0 Å². The summed E-state index contributed by atoms with van der Waals surface area (Å²) in [5, 5.41) is 8.71. The molecule has 68 valence electrons. The largest absolute Gasteiger partial charge is 0.345 e. The number of rotatable bonds is 3. The fourth-order valence-electron chi connectivity index (χ4n) is 0.883. The highest BCUT2D eigenvalue weighted by molar-refractivity contribution is 5.81. The van der Waals surface area contributed by atoms with Gasteiger partial charge in [-0.05, 0) is 12.8 Å². The van der Waals surface area contributed by atoms with E-state index in [4.69, 9.17) is 5.26 Å². The predicted molar refractivity (Wildman–Crippen MR) is 47.3 cm³/mol. The van der Waals surface area contributed by atoms with Crippen molar-refractivity contribution in [3.8, 4) is 6.07 Å². The first-order chi connectivity index (χ1) is 5.54. The first-order valence-electron chi connectivity index (χ1n) is 4.19. The van der Waals surface area contributed by atoms with E-state index < -0.39 is 5.92 Å². The van der Waals surface area contributed by atoms with E-state index in [1.165, 1.54) is 0 Å². The third kappa shape index (κ3) is 2.54. The van der Waals surface area contributed by atoms with Gasteiger partial charge >= 0.3 is 0 Å². The van der Waals surface area contributed by atoms with Crippen LogP contribution in [0.5, 0.6) is 0 Å². The number of nitriles is 1. The molecule has 0 aliphatic rings. The molecule has 0 aromatic heterocycles. The summed E-state index contributed by atoms with van der Waals surface area (Å²) in [6, 6.07) is 2.03. The molecular formula is C9H16N2O. The van der Waals surface area contributed by atoms with Crippen LogP contribution in [-0.4, -0.2) is 24.4 Å². The molecule has 0 fully saturated rings. The molecule has 0 saturated carbocycles. The Morgan fingerprint density at radius 1 is 1.58 bits per heavy atom. The molecule has 0 aromatic carbocycles. The Bertz CT molecular complexity index is 193. The molecule has 0 radical (unpaired) electrons. The van der Waals surface area contributed by atoms with Gasteiger partial charge in [0.2, 0.25) is 5.91 Å². The van der Waals surface area contributed by atoms with Crippen molar-refractivity contribution >= 4 is 5.91 Å². The summed E-state index contributed by atoms with van der Waals surface area (Å²) >= 11 is 0. The number of amides is 1. The maximum atomic E-state index is 11.5. The van der Waals surface area contributed by atoms with Crippen LogP contribution in [-0.2, 0) is 4.79 Å². The minimum atomic E-state index is -0.491. The standard InChI is InChI=1S/C9H16N2O/c1-5-11(4)9(12)8(6-10)7(2)3/h7-8H,5H2,1-4H3. The van der Waals surface area contributed by atoms with Gasteiger partial charge in [0.05, 0.1) is 6.07 Å². The zero-order valence-electron chi connectivity index (χ0n) is 8.16. The molecule has 12 heavy (non-hydrogen) atoms. The molecule has 0 bridgehead atoms. The van der Waals surface area contributed by atoms with Crippen molar-refractivity contribution in [1.82, 2.24) is 4.90 Å². The topological polar surface area (TPSA) is 44.1 Å². The Hall–Kier alpha value is -1.04. The molecule has 0 aromatic rings. The number of carbonyl (C=O) groups excluding carboxylic acids is 1. The van der Waals surface area contributed by atoms with Gasteiger partial charge in [-0.1, -0.05) is 13.8 Å².